The van der Waals surface area contributed by atoms with Crippen molar-refractivity contribution in [2.45, 2.75) is 36.9 Å². The van der Waals surface area contributed by atoms with Crippen LogP contribution >= 0.6 is 0 Å². The molecule has 0 aromatic heterocycles. The van der Waals surface area contributed by atoms with E-state index in [1.165, 1.54) is 0 Å². The molecule has 0 unspecified atom stereocenters. The molecular formula is C6H10O4. The molecule has 0 aromatic carbocycles. The minimum atomic E-state index is -1.02. The Morgan fingerprint density at radius 1 is 1.10 bits per heavy atom. The van der Waals surface area contributed by atoms with Crippen LogP contribution in [0.25, 0.3) is 0 Å². The van der Waals surface area contributed by atoms with Gasteiger partial charge in [0, 0.05) is 6.42 Å². The average Bonchev–Trinajstić information content (AvgIpc) is 2.62. The lowest BCUT2D eigenvalue weighted by molar-refractivity contribution is -0.0759. The fourth-order valence-electron chi connectivity index (χ4n) is 1.45. The molecule has 0 amide bonds. The van der Waals surface area contributed by atoms with E-state index in [0.717, 1.165) is 0 Å². The zero-order valence-electron chi connectivity index (χ0n) is 5.34. The predicted molar refractivity (Wildman–Crippen MR) is 31.3 cm³/mol. The van der Waals surface area contributed by atoms with Gasteiger partial charge in [-0.3, -0.25) is 0 Å². The lowest BCUT2D eigenvalue weighted by Crippen LogP contribution is -2.45. The van der Waals surface area contributed by atoms with Crippen molar-refractivity contribution in [1.29, 1.82) is 0 Å². The van der Waals surface area contributed by atoms with E-state index in [1.807, 2.05) is 0 Å². The molecule has 1 heterocycles. The van der Waals surface area contributed by atoms with Crippen molar-refractivity contribution < 1.29 is 20.1 Å². The molecular weight excluding hydrogens is 136 g/mol. The number of fused-ring (bicyclic) bond motifs is 1. The summed E-state index contributed by atoms with van der Waals surface area (Å²) in [6.45, 7) is 0. The normalized spacial score (nSPS) is 59.7. The number of ether oxygens (including phenoxy) is 1. The van der Waals surface area contributed by atoms with Gasteiger partial charge in [-0.15, -0.1) is 0 Å². The van der Waals surface area contributed by atoms with Gasteiger partial charge in [0.2, 0.25) is 0 Å². The van der Waals surface area contributed by atoms with Crippen LogP contribution < -0.4 is 0 Å². The van der Waals surface area contributed by atoms with Gasteiger partial charge < -0.3 is 20.1 Å². The molecule has 2 fully saturated rings. The molecule has 1 saturated heterocycles. The van der Waals surface area contributed by atoms with Gasteiger partial charge in [-0.25, -0.2) is 0 Å². The summed E-state index contributed by atoms with van der Waals surface area (Å²) in [6, 6.07) is 0. The van der Waals surface area contributed by atoms with Gasteiger partial charge in [0.25, 0.3) is 0 Å². The first-order valence-electron chi connectivity index (χ1n) is 3.40. The molecule has 5 atom stereocenters. The van der Waals surface area contributed by atoms with Gasteiger partial charge in [0.05, 0.1) is 12.2 Å². The van der Waals surface area contributed by atoms with E-state index in [9.17, 15) is 0 Å². The Morgan fingerprint density at radius 3 is 2.50 bits per heavy atom. The van der Waals surface area contributed by atoms with Crippen LogP contribution in [0.1, 0.15) is 6.42 Å². The molecule has 2 rings (SSSR count). The van der Waals surface area contributed by atoms with Crippen LogP contribution in [0.15, 0.2) is 0 Å². The third kappa shape index (κ3) is 0.769. The highest BCUT2D eigenvalue weighted by Crippen LogP contribution is 2.36. The van der Waals surface area contributed by atoms with Gasteiger partial charge >= 0.3 is 0 Å². The molecule has 10 heavy (non-hydrogen) atoms. The summed E-state index contributed by atoms with van der Waals surface area (Å²) in [6.07, 6.45) is -2.54. The maximum atomic E-state index is 9.12. The maximum absolute atomic E-state index is 9.12. The van der Waals surface area contributed by atoms with Crippen LogP contribution in [0.3, 0.4) is 0 Å². The summed E-state index contributed by atoms with van der Waals surface area (Å²) in [4.78, 5) is 0. The van der Waals surface area contributed by atoms with Crippen molar-refractivity contribution in [3.8, 4) is 0 Å². The largest absolute Gasteiger partial charge is 0.390 e. The predicted octanol–water partition coefficient (Wildman–Crippen LogP) is -1.76. The first-order valence-corrected chi connectivity index (χ1v) is 3.40. The number of aliphatic hydroxyl groups excluding tert-OH is 3. The summed E-state index contributed by atoms with van der Waals surface area (Å²) in [5, 5.41) is 27.2. The molecule has 3 N–H and O–H groups in total. The van der Waals surface area contributed by atoms with Crippen molar-refractivity contribution in [2.75, 3.05) is 0 Å². The fraction of sp³-hybridized carbons (Fsp3) is 1.00. The molecule has 58 valence electrons. The molecule has 0 bridgehead atoms. The first kappa shape index (κ1) is 6.54. The SMILES string of the molecule is O[C@@H]1[C@@H](O)[C@@H](O)C[C@@H]2O[C@H]12. The quantitative estimate of drug-likeness (QED) is 0.354. The van der Waals surface area contributed by atoms with E-state index in [1.54, 1.807) is 0 Å². The molecule has 1 aliphatic heterocycles. The second-order valence-electron chi connectivity index (χ2n) is 2.92. The molecule has 0 radical (unpaired) electrons. The second kappa shape index (κ2) is 1.92. The molecule has 1 saturated carbocycles. The van der Waals surface area contributed by atoms with Crippen LogP contribution in [0.2, 0.25) is 0 Å². The highest BCUT2D eigenvalue weighted by atomic mass is 16.6. The zero-order chi connectivity index (χ0) is 7.30. The van der Waals surface area contributed by atoms with Gasteiger partial charge in [-0.2, -0.15) is 0 Å². The summed E-state index contributed by atoms with van der Waals surface area (Å²) in [7, 11) is 0. The standard InChI is InChI=1S/C6H10O4/c7-2-1-3-6(10-3)5(9)4(2)8/h2-9H,1H2/t2-,3-,4-,5+,6-/m0/s1. The first-order chi connectivity index (χ1) is 4.70. The van der Waals surface area contributed by atoms with E-state index in [-0.39, 0.29) is 12.2 Å². The number of rotatable bonds is 0. The van der Waals surface area contributed by atoms with Crippen molar-refractivity contribution in [2.24, 2.45) is 0 Å². The van der Waals surface area contributed by atoms with Crippen LogP contribution in [-0.2, 0) is 4.74 Å². The van der Waals surface area contributed by atoms with Crippen LogP contribution in [0.5, 0.6) is 0 Å². The summed E-state index contributed by atoms with van der Waals surface area (Å²) in [5.41, 5.74) is 0. The van der Waals surface area contributed by atoms with Crippen LogP contribution in [-0.4, -0.2) is 45.8 Å². The Labute approximate surface area is 58.0 Å². The van der Waals surface area contributed by atoms with Gasteiger partial charge in [-0.1, -0.05) is 0 Å². The van der Waals surface area contributed by atoms with E-state index in [4.69, 9.17) is 20.1 Å². The number of hydrogen-bond acceptors (Lipinski definition) is 4. The van der Waals surface area contributed by atoms with Crippen LogP contribution in [0, 0.1) is 0 Å². The topological polar surface area (TPSA) is 73.2 Å². The smallest absolute Gasteiger partial charge is 0.113 e. The number of epoxide rings is 1. The molecule has 0 aromatic rings. The van der Waals surface area contributed by atoms with E-state index < -0.39 is 18.3 Å². The lowest BCUT2D eigenvalue weighted by atomic mass is 9.92. The Kier molecular flexibility index (Phi) is 1.25. The van der Waals surface area contributed by atoms with Crippen molar-refractivity contribution in [3.63, 3.8) is 0 Å². The summed E-state index contributed by atoms with van der Waals surface area (Å²) < 4.78 is 4.96. The van der Waals surface area contributed by atoms with Crippen molar-refractivity contribution in [3.05, 3.63) is 0 Å². The lowest BCUT2D eigenvalue weighted by Gasteiger charge is -2.24. The number of hydrogen-bond donors (Lipinski definition) is 3. The van der Waals surface area contributed by atoms with Crippen molar-refractivity contribution in [1.82, 2.24) is 0 Å². The minimum Gasteiger partial charge on any atom is -0.390 e. The monoisotopic (exact) mass is 146 g/mol. The Balaban J connectivity index is 2.07. The van der Waals surface area contributed by atoms with Gasteiger partial charge in [0.1, 0.15) is 18.3 Å². The summed E-state index contributed by atoms with van der Waals surface area (Å²) in [5.74, 6) is 0. The van der Waals surface area contributed by atoms with Gasteiger partial charge in [0.15, 0.2) is 0 Å². The van der Waals surface area contributed by atoms with E-state index >= 15 is 0 Å². The molecule has 2 aliphatic rings. The third-order valence-electron chi connectivity index (χ3n) is 2.18. The Hall–Kier alpha value is -0.160. The minimum absolute atomic E-state index is 0.0200. The zero-order valence-corrected chi connectivity index (χ0v) is 5.34. The highest BCUT2D eigenvalue weighted by molar-refractivity contribution is 5.02. The highest BCUT2D eigenvalue weighted by Gasteiger charge is 2.54. The van der Waals surface area contributed by atoms with Crippen molar-refractivity contribution >= 4 is 0 Å². The fourth-order valence-corrected chi connectivity index (χ4v) is 1.45. The second-order valence-corrected chi connectivity index (χ2v) is 2.92. The Bertz CT molecular complexity index is 147. The molecule has 0 spiro atoms. The average molecular weight is 146 g/mol. The maximum Gasteiger partial charge on any atom is 0.113 e. The molecule has 4 heteroatoms. The van der Waals surface area contributed by atoms with E-state index in [0.29, 0.717) is 6.42 Å². The summed E-state index contributed by atoms with van der Waals surface area (Å²) >= 11 is 0. The Morgan fingerprint density at radius 2 is 1.80 bits per heavy atom. The van der Waals surface area contributed by atoms with Gasteiger partial charge in [-0.05, 0) is 0 Å². The van der Waals surface area contributed by atoms with E-state index in [2.05, 4.69) is 0 Å². The van der Waals surface area contributed by atoms with Crippen LogP contribution in [0.4, 0.5) is 0 Å². The third-order valence-corrected chi connectivity index (χ3v) is 2.18. The molecule has 4 nitrogen and oxygen atoms in total. The number of aliphatic hydroxyl groups is 3. The molecule has 1 aliphatic carbocycles.